The summed E-state index contributed by atoms with van der Waals surface area (Å²) in [7, 11) is 0. The molecule has 0 aliphatic heterocycles. The van der Waals surface area contributed by atoms with E-state index in [-0.39, 0.29) is 0 Å². The molecule has 3 aromatic rings. The van der Waals surface area contributed by atoms with E-state index in [1.807, 2.05) is 54.6 Å². The van der Waals surface area contributed by atoms with Crippen LogP contribution >= 0.6 is 0 Å². The first kappa shape index (κ1) is 15.8. The number of nitrogens with zero attached hydrogens (tertiary/aromatic N) is 1. The third-order valence-electron chi connectivity index (χ3n) is 4.25. The van der Waals surface area contributed by atoms with Crippen molar-refractivity contribution in [1.82, 2.24) is 0 Å². The van der Waals surface area contributed by atoms with E-state index in [4.69, 9.17) is 4.74 Å². The van der Waals surface area contributed by atoms with Crippen LogP contribution in [0.5, 0.6) is 5.75 Å². The van der Waals surface area contributed by atoms with Crippen molar-refractivity contribution in [2.24, 2.45) is 0 Å². The highest BCUT2D eigenvalue weighted by atomic mass is 16.5. The molecule has 0 saturated carbocycles. The Balaban J connectivity index is 1.88. The summed E-state index contributed by atoms with van der Waals surface area (Å²) in [6.07, 6.45) is 0. The lowest BCUT2D eigenvalue weighted by Gasteiger charge is -2.12. The average molecular weight is 313 g/mol. The molecule has 0 fully saturated rings. The Kier molecular flexibility index (Phi) is 4.63. The zero-order chi connectivity index (χ0) is 16.9. The predicted molar refractivity (Wildman–Crippen MR) is 96.8 cm³/mol. The minimum atomic E-state index is 0.457. The molecular formula is C22H19NO. The molecule has 0 amide bonds. The van der Waals surface area contributed by atoms with Crippen molar-refractivity contribution in [3.05, 3.63) is 89.0 Å². The molecule has 0 aliphatic rings. The maximum Gasteiger partial charge on any atom is 0.137 e. The lowest BCUT2D eigenvalue weighted by atomic mass is 9.96. The first-order valence-electron chi connectivity index (χ1n) is 7.96. The van der Waals surface area contributed by atoms with E-state index < -0.39 is 0 Å². The van der Waals surface area contributed by atoms with Crippen molar-refractivity contribution in [3.8, 4) is 22.9 Å². The summed E-state index contributed by atoms with van der Waals surface area (Å²) in [5.41, 5.74) is 6.32. The van der Waals surface area contributed by atoms with Crippen LogP contribution < -0.4 is 4.74 Å². The Hall–Kier alpha value is -3.05. The summed E-state index contributed by atoms with van der Waals surface area (Å²) in [4.78, 5) is 0. The Morgan fingerprint density at radius 1 is 0.917 bits per heavy atom. The molecule has 0 heterocycles. The van der Waals surface area contributed by atoms with E-state index in [1.165, 1.54) is 11.1 Å². The molecule has 0 radical (unpaired) electrons. The number of ether oxygens (including phenoxy) is 1. The number of rotatable bonds is 4. The first-order chi connectivity index (χ1) is 11.7. The molecule has 3 rings (SSSR count). The van der Waals surface area contributed by atoms with Crippen LogP contribution in [0.3, 0.4) is 0 Å². The summed E-state index contributed by atoms with van der Waals surface area (Å²) in [5, 5.41) is 9.48. The fourth-order valence-corrected chi connectivity index (χ4v) is 2.71. The lowest BCUT2D eigenvalue weighted by Crippen LogP contribution is -1.97. The fourth-order valence-electron chi connectivity index (χ4n) is 2.71. The second-order valence-electron chi connectivity index (χ2n) is 5.84. The van der Waals surface area contributed by atoms with Crippen LogP contribution in [0.1, 0.15) is 22.3 Å². The molecule has 2 nitrogen and oxygen atoms in total. The Bertz CT molecular complexity index is 892. The van der Waals surface area contributed by atoms with Crippen molar-refractivity contribution in [3.63, 3.8) is 0 Å². The van der Waals surface area contributed by atoms with Gasteiger partial charge in [-0.2, -0.15) is 5.26 Å². The van der Waals surface area contributed by atoms with Crippen LogP contribution in [0.15, 0.2) is 66.7 Å². The van der Waals surface area contributed by atoms with Gasteiger partial charge in [-0.3, -0.25) is 0 Å². The van der Waals surface area contributed by atoms with Crippen molar-refractivity contribution in [2.45, 2.75) is 20.5 Å². The number of benzene rings is 3. The maximum atomic E-state index is 9.48. The Labute approximate surface area is 143 Å². The van der Waals surface area contributed by atoms with E-state index in [1.54, 1.807) is 0 Å². The summed E-state index contributed by atoms with van der Waals surface area (Å²) in [6.45, 7) is 4.66. The first-order valence-corrected chi connectivity index (χ1v) is 7.96. The van der Waals surface area contributed by atoms with Crippen LogP contribution in [0.25, 0.3) is 11.1 Å². The molecule has 0 N–H and O–H groups in total. The number of aryl methyl sites for hydroxylation is 1. The molecular weight excluding hydrogens is 294 g/mol. The van der Waals surface area contributed by atoms with Crippen LogP contribution in [0.4, 0.5) is 0 Å². The number of nitriles is 1. The van der Waals surface area contributed by atoms with Crippen molar-refractivity contribution >= 4 is 0 Å². The van der Waals surface area contributed by atoms with Gasteiger partial charge in [0.25, 0.3) is 0 Å². The van der Waals surface area contributed by atoms with E-state index in [0.717, 1.165) is 16.7 Å². The third-order valence-corrected chi connectivity index (χ3v) is 4.25. The van der Waals surface area contributed by atoms with Gasteiger partial charge in [-0.15, -0.1) is 0 Å². The summed E-state index contributed by atoms with van der Waals surface area (Å²) >= 11 is 0. The van der Waals surface area contributed by atoms with Gasteiger partial charge in [-0.1, -0.05) is 54.6 Å². The minimum absolute atomic E-state index is 0.457. The third kappa shape index (κ3) is 3.31. The highest BCUT2D eigenvalue weighted by molar-refractivity contribution is 5.71. The van der Waals surface area contributed by atoms with E-state index in [2.05, 4.69) is 32.0 Å². The topological polar surface area (TPSA) is 33.0 Å². The summed E-state index contributed by atoms with van der Waals surface area (Å²) < 4.78 is 5.84. The molecule has 0 aromatic heterocycles. The SMILES string of the molecule is Cc1cccc(-c2ccc(OCc3ccccc3)c(C#N)c2)c1C. The van der Waals surface area contributed by atoms with Crippen molar-refractivity contribution < 1.29 is 4.74 Å². The van der Waals surface area contributed by atoms with E-state index in [0.29, 0.717) is 17.9 Å². The molecule has 0 aliphatic carbocycles. The van der Waals surface area contributed by atoms with Gasteiger partial charge in [0, 0.05) is 0 Å². The fraction of sp³-hybridized carbons (Fsp3) is 0.136. The molecule has 0 atom stereocenters. The van der Waals surface area contributed by atoms with E-state index >= 15 is 0 Å². The Morgan fingerprint density at radius 2 is 1.71 bits per heavy atom. The normalized spacial score (nSPS) is 10.2. The molecule has 118 valence electrons. The van der Waals surface area contributed by atoms with Gasteiger partial charge < -0.3 is 4.74 Å². The monoisotopic (exact) mass is 313 g/mol. The molecule has 3 aromatic carbocycles. The molecule has 2 heteroatoms. The summed E-state index contributed by atoms with van der Waals surface area (Å²) in [5.74, 6) is 0.621. The zero-order valence-corrected chi connectivity index (χ0v) is 13.9. The number of hydrogen-bond donors (Lipinski definition) is 0. The van der Waals surface area contributed by atoms with Gasteiger partial charge >= 0.3 is 0 Å². The van der Waals surface area contributed by atoms with Crippen LogP contribution in [-0.4, -0.2) is 0 Å². The van der Waals surface area contributed by atoms with Crippen LogP contribution in [0.2, 0.25) is 0 Å². The molecule has 0 bridgehead atoms. The van der Waals surface area contributed by atoms with Gasteiger partial charge in [0.1, 0.15) is 18.4 Å². The molecule has 0 spiro atoms. The van der Waals surface area contributed by atoms with Crippen LogP contribution in [-0.2, 0) is 6.61 Å². The predicted octanol–water partition coefficient (Wildman–Crippen LogP) is 5.42. The van der Waals surface area contributed by atoms with Crippen molar-refractivity contribution in [2.75, 3.05) is 0 Å². The number of hydrogen-bond acceptors (Lipinski definition) is 2. The summed E-state index contributed by atoms with van der Waals surface area (Å²) in [6, 6.07) is 24.2. The Morgan fingerprint density at radius 3 is 2.46 bits per heavy atom. The average Bonchev–Trinajstić information content (AvgIpc) is 2.63. The standard InChI is InChI=1S/C22H19NO/c1-16-7-6-10-21(17(16)2)19-11-12-22(20(13-19)14-23)24-15-18-8-4-3-5-9-18/h3-13H,15H2,1-2H3. The molecule has 0 unspecified atom stereocenters. The highest BCUT2D eigenvalue weighted by Crippen LogP contribution is 2.30. The zero-order valence-electron chi connectivity index (χ0n) is 13.9. The van der Waals surface area contributed by atoms with Gasteiger partial charge in [0.05, 0.1) is 5.56 Å². The second kappa shape index (κ2) is 7.02. The maximum absolute atomic E-state index is 9.48. The highest BCUT2D eigenvalue weighted by Gasteiger charge is 2.09. The van der Waals surface area contributed by atoms with Crippen molar-refractivity contribution in [1.29, 1.82) is 5.26 Å². The minimum Gasteiger partial charge on any atom is -0.488 e. The van der Waals surface area contributed by atoms with Gasteiger partial charge in [0.2, 0.25) is 0 Å². The van der Waals surface area contributed by atoms with Crippen LogP contribution in [0, 0.1) is 25.2 Å². The van der Waals surface area contributed by atoms with E-state index in [9.17, 15) is 5.26 Å². The quantitative estimate of drug-likeness (QED) is 0.644. The molecule has 24 heavy (non-hydrogen) atoms. The van der Waals surface area contributed by atoms with Gasteiger partial charge in [0.15, 0.2) is 0 Å². The van der Waals surface area contributed by atoms with Gasteiger partial charge in [-0.05, 0) is 53.8 Å². The second-order valence-corrected chi connectivity index (χ2v) is 5.84. The lowest BCUT2D eigenvalue weighted by molar-refractivity contribution is 0.305. The molecule has 0 saturated heterocycles. The smallest absolute Gasteiger partial charge is 0.137 e. The van der Waals surface area contributed by atoms with Gasteiger partial charge in [-0.25, -0.2) is 0 Å². The largest absolute Gasteiger partial charge is 0.488 e.